The van der Waals surface area contributed by atoms with Gasteiger partial charge in [0.05, 0.1) is 18.8 Å². The maximum absolute atomic E-state index is 11.7. The molecule has 0 saturated carbocycles. The van der Waals surface area contributed by atoms with Crippen molar-refractivity contribution in [3.05, 3.63) is 48.0 Å². The summed E-state index contributed by atoms with van der Waals surface area (Å²) in [6, 6.07) is 13.4. The van der Waals surface area contributed by atoms with Crippen molar-refractivity contribution in [2.75, 3.05) is 13.2 Å². The van der Waals surface area contributed by atoms with Crippen LogP contribution in [0.15, 0.2) is 42.5 Å². The Bertz CT molecular complexity index is 1040. The van der Waals surface area contributed by atoms with Crippen LogP contribution in [-0.2, 0) is 0 Å². The fourth-order valence-corrected chi connectivity index (χ4v) is 4.30. The fourth-order valence-electron chi connectivity index (χ4n) is 4.30. The molecule has 0 amide bonds. The molecule has 178 valence electrons. The van der Waals surface area contributed by atoms with Crippen LogP contribution in [0.5, 0.6) is 11.5 Å². The van der Waals surface area contributed by atoms with Crippen LogP contribution >= 0.6 is 0 Å². The van der Waals surface area contributed by atoms with Gasteiger partial charge in [0.2, 0.25) is 0 Å². The molecule has 0 spiro atoms. The summed E-state index contributed by atoms with van der Waals surface area (Å²) in [7, 11) is 0. The van der Waals surface area contributed by atoms with Crippen LogP contribution in [0.4, 0.5) is 0 Å². The summed E-state index contributed by atoms with van der Waals surface area (Å²) in [5, 5.41) is 13.3. The zero-order valence-corrected chi connectivity index (χ0v) is 20.2. The summed E-state index contributed by atoms with van der Waals surface area (Å²) < 4.78 is 12.7. The molecule has 0 bridgehead atoms. The molecule has 0 aliphatic carbocycles. The first-order valence-electron chi connectivity index (χ1n) is 12.6. The lowest BCUT2D eigenvalue weighted by Gasteiger charge is -2.18. The normalized spacial score (nSPS) is 11.2. The molecule has 0 heterocycles. The van der Waals surface area contributed by atoms with Gasteiger partial charge in [0, 0.05) is 21.5 Å². The first-order valence-corrected chi connectivity index (χ1v) is 12.6. The number of hydrogen-bond acceptors (Lipinski definition) is 3. The van der Waals surface area contributed by atoms with Crippen LogP contribution in [0, 0.1) is 0 Å². The molecular formula is C29H38O4. The highest BCUT2D eigenvalue weighted by molar-refractivity contribution is 6.12. The van der Waals surface area contributed by atoms with Crippen LogP contribution in [0.2, 0.25) is 0 Å². The summed E-state index contributed by atoms with van der Waals surface area (Å²) in [6.07, 6.45) is 11.7. The lowest BCUT2D eigenvalue weighted by molar-refractivity contribution is 0.0697. The van der Waals surface area contributed by atoms with E-state index in [9.17, 15) is 9.90 Å². The Morgan fingerprint density at radius 2 is 1.15 bits per heavy atom. The minimum atomic E-state index is -0.936. The summed E-state index contributed by atoms with van der Waals surface area (Å²) in [6.45, 7) is 5.71. The molecule has 0 fully saturated rings. The molecule has 1 N–H and O–H groups in total. The maximum Gasteiger partial charge on any atom is 0.335 e. The van der Waals surface area contributed by atoms with E-state index in [0.29, 0.717) is 13.2 Å². The van der Waals surface area contributed by atoms with E-state index in [2.05, 4.69) is 19.9 Å². The number of unbranched alkanes of at least 4 members (excludes halogenated alkanes) is 8. The van der Waals surface area contributed by atoms with Gasteiger partial charge in [-0.3, -0.25) is 0 Å². The van der Waals surface area contributed by atoms with E-state index in [1.165, 1.54) is 38.5 Å². The molecule has 4 nitrogen and oxygen atoms in total. The van der Waals surface area contributed by atoms with Crippen molar-refractivity contribution < 1.29 is 19.4 Å². The number of benzene rings is 3. The van der Waals surface area contributed by atoms with Gasteiger partial charge >= 0.3 is 5.97 Å². The Kier molecular flexibility index (Phi) is 9.86. The monoisotopic (exact) mass is 450 g/mol. The number of hydrogen-bond donors (Lipinski definition) is 1. The Morgan fingerprint density at radius 1 is 0.667 bits per heavy atom. The molecule has 0 radical (unpaired) electrons. The third-order valence-electron chi connectivity index (χ3n) is 6.16. The highest BCUT2D eigenvalue weighted by Gasteiger charge is 2.18. The van der Waals surface area contributed by atoms with Crippen LogP contribution in [0.3, 0.4) is 0 Å². The number of carboxylic acids is 1. The average Bonchev–Trinajstić information content (AvgIpc) is 2.83. The number of rotatable bonds is 15. The lowest BCUT2D eigenvalue weighted by Crippen LogP contribution is -2.03. The fraction of sp³-hybridized carbons (Fsp3) is 0.483. The highest BCUT2D eigenvalue weighted by Crippen LogP contribution is 2.43. The molecular weight excluding hydrogens is 412 g/mol. The van der Waals surface area contributed by atoms with E-state index in [1.807, 2.05) is 24.3 Å². The number of ether oxygens (including phenoxy) is 2. The van der Waals surface area contributed by atoms with Crippen molar-refractivity contribution in [2.45, 2.75) is 78.1 Å². The topological polar surface area (TPSA) is 55.8 Å². The van der Waals surface area contributed by atoms with Crippen molar-refractivity contribution in [1.82, 2.24) is 0 Å². The number of fused-ring (bicyclic) bond motifs is 2. The first kappa shape index (κ1) is 24.9. The minimum absolute atomic E-state index is 0.260. The highest BCUT2D eigenvalue weighted by atomic mass is 16.5. The molecule has 33 heavy (non-hydrogen) atoms. The van der Waals surface area contributed by atoms with Crippen LogP contribution in [0.25, 0.3) is 21.5 Å². The van der Waals surface area contributed by atoms with E-state index in [1.54, 1.807) is 12.1 Å². The van der Waals surface area contributed by atoms with Gasteiger partial charge in [-0.15, -0.1) is 0 Å². The molecule has 3 aromatic carbocycles. The third-order valence-corrected chi connectivity index (χ3v) is 6.16. The lowest BCUT2D eigenvalue weighted by atomic mass is 9.98. The van der Waals surface area contributed by atoms with E-state index >= 15 is 0 Å². The van der Waals surface area contributed by atoms with Crippen molar-refractivity contribution >= 4 is 27.5 Å². The molecule has 0 aromatic heterocycles. The molecule has 3 rings (SSSR count). The second kappa shape index (κ2) is 13.1. The maximum atomic E-state index is 11.7. The summed E-state index contributed by atoms with van der Waals surface area (Å²) in [5.41, 5.74) is 0.260. The third kappa shape index (κ3) is 6.63. The Morgan fingerprint density at radius 3 is 1.67 bits per heavy atom. The van der Waals surface area contributed by atoms with Crippen LogP contribution < -0.4 is 9.47 Å². The van der Waals surface area contributed by atoms with Crippen molar-refractivity contribution in [1.29, 1.82) is 0 Å². The second-order valence-electron chi connectivity index (χ2n) is 8.79. The van der Waals surface area contributed by atoms with Crippen LogP contribution in [-0.4, -0.2) is 24.3 Å². The Hall–Kier alpha value is -2.75. The predicted octanol–water partition coefficient (Wildman–Crippen LogP) is 8.39. The van der Waals surface area contributed by atoms with Gasteiger partial charge in [-0.1, -0.05) is 89.5 Å². The molecule has 0 unspecified atom stereocenters. The zero-order chi connectivity index (χ0) is 23.5. The number of carboxylic acid groups (broad SMARTS) is 1. The van der Waals surface area contributed by atoms with Crippen molar-refractivity contribution in [3.63, 3.8) is 0 Å². The van der Waals surface area contributed by atoms with Gasteiger partial charge in [0.15, 0.2) is 0 Å². The number of aromatic carboxylic acids is 1. The minimum Gasteiger partial charge on any atom is -0.492 e. The van der Waals surface area contributed by atoms with Gasteiger partial charge in [-0.25, -0.2) is 4.79 Å². The van der Waals surface area contributed by atoms with Gasteiger partial charge in [-0.2, -0.15) is 0 Å². The van der Waals surface area contributed by atoms with Gasteiger partial charge in [-0.05, 0) is 31.0 Å². The summed E-state index contributed by atoms with van der Waals surface area (Å²) in [5.74, 6) is 0.645. The van der Waals surface area contributed by atoms with Gasteiger partial charge in [0.25, 0.3) is 0 Å². The number of carbonyl (C=O) groups is 1. The molecule has 0 aliphatic heterocycles. The molecule has 3 aromatic rings. The standard InChI is InChI=1S/C29H38O4/c1-3-5-7-9-13-19-32-27-23-15-11-12-16-24(23)28(33-20-14-10-8-6-4-2)26-21-22(29(30)31)17-18-25(26)27/h11-12,15-18,21H,3-10,13-14,19-20H2,1-2H3,(H,30,31). The SMILES string of the molecule is CCCCCCCOc1c2ccccc2c(OCCCCCCC)c2cc(C(=O)O)ccc12. The first-order chi connectivity index (χ1) is 16.2. The largest absolute Gasteiger partial charge is 0.492 e. The summed E-state index contributed by atoms with van der Waals surface area (Å²) in [4.78, 5) is 11.7. The smallest absolute Gasteiger partial charge is 0.335 e. The molecule has 0 aliphatic rings. The summed E-state index contributed by atoms with van der Waals surface area (Å²) >= 11 is 0. The zero-order valence-electron chi connectivity index (χ0n) is 20.2. The Balaban J connectivity index is 1.94. The van der Waals surface area contributed by atoms with Gasteiger partial charge < -0.3 is 14.6 Å². The average molecular weight is 451 g/mol. The van der Waals surface area contributed by atoms with E-state index in [0.717, 1.165) is 58.7 Å². The van der Waals surface area contributed by atoms with Crippen molar-refractivity contribution in [2.24, 2.45) is 0 Å². The van der Waals surface area contributed by atoms with Crippen LogP contribution in [0.1, 0.15) is 88.4 Å². The van der Waals surface area contributed by atoms with E-state index < -0.39 is 5.97 Å². The van der Waals surface area contributed by atoms with E-state index in [4.69, 9.17) is 9.47 Å². The van der Waals surface area contributed by atoms with E-state index in [-0.39, 0.29) is 5.56 Å². The second-order valence-corrected chi connectivity index (χ2v) is 8.79. The molecule has 0 atom stereocenters. The Labute approximate surface area is 197 Å². The van der Waals surface area contributed by atoms with Crippen molar-refractivity contribution in [3.8, 4) is 11.5 Å². The molecule has 0 saturated heterocycles. The van der Waals surface area contributed by atoms with Gasteiger partial charge in [0.1, 0.15) is 11.5 Å². The predicted molar refractivity (Wildman–Crippen MR) is 137 cm³/mol. The molecule has 4 heteroatoms. The quantitative estimate of drug-likeness (QED) is 0.187.